The lowest BCUT2D eigenvalue weighted by molar-refractivity contribution is 0.000207. The first kappa shape index (κ1) is 23.0. The van der Waals surface area contributed by atoms with Gasteiger partial charge in [0, 0.05) is 25.7 Å². The molecule has 0 spiro atoms. The van der Waals surface area contributed by atoms with E-state index in [0.717, 1.165) is 32.9 Å². The Bertz CT molecular complexity index is 1280. The van der Waals surface area contributed by atoms with Crippen LogP contribution in [0.3, 0.4) is 0 Å². The molecule has 3 heterocycles. The lowest BCUT2D eigenvalue weighted by Crippen LogP contribution is -2.50. The zero-order valence-electron chi connectivity index (χ0n) is 19.8. The first-order chi connectivity index (χ1) is 16.7. The molecule has 184 valence electrons. The van der Waals surface area contributed by atoms with Crippen LogP contribution in [0.4, 0.5) is 15.5 Å². The fourth-order valence-corrected chi connectivity index (χ4v) is 4.54. The summed E-state index contributed by atoms with van der Waals surface area (Å²) >= 11 is 0. The number of rotatable bonds is 2. The number of hydrogen-bond acceptors (Lipinski definition) is 5. The number of aromatic nitrogens is 2. The van der Waals surface area contributed by atoms with Crippen molar-refractivity contribution in [3.8, 4) is 16.9 Å². The second kappa shape index (κ2) is 8.77. The predicted octanol–water partition coefficient (Wildman–Crippen LogP) is 3.51. The van der Waals surface area contributed by atoms with E-state index in [2.05, 4.69) is 9.97 Å². The molecule has 3 N–H and O–H groups in total. The maximum absolute atomic E-state index is 13.2. The van der Waals surface area contributed by atoms with Crippen molar-refractivity contribution < 1.29 is 24.5 Å². The Morgan fingerprint density at radius 3 is 2.54 bits per heavy atom. The van der Waals surface area contributed by atoms with Crippen LogP contribution < -0.4 is 9.64 Å². The number of aliphatic hydroxyl groups is 1. The van der Waals surface area contributed by atoms with Crippen LogP contribution in [0, 0.1) is 0 Å². The number of fused-ring (bicyclic) bond motifs is 2. The molecule has 2 aromatic carbocycles. The molecular weight excluding hydrogens is 450 g/mol. The monoisotopic (exact) mass is 479 g/mol. The molecule has 2 aliphatic heterocycles. The number of imidazole rings is 1. The Morgan fingerprint density at radius 1 is 1.09 bits per heavy atom. The quantitative estimate of drug-likeness (QED) is 0.517. The molecule has 3 aromatic rings. The SMILES string of the molecule is CN(C(=O)O)c1nc2ccc(-c3ccc4c(c3)CN(C(=O)N3CCC(C)(O)CC3)CCO4)cc2[nH]1. The molecule has 0 saturated carbocycles. The van der Waals surface area contributed by atoms with E-state index in [1.54, 1.807) is 0 Å². The van der Waals surface area contributed by atoms with E-state index in [1.165, 1.54) is 7.05 Å². The third-order valence-electron chi connectivity index (χ3n) is 6.83. The van der Waals surface area contributed by atoms with Gasteiger partial charge in [0.15, 0.2) is 0 Å². The highest BCUT2D eigenvalue weighted by molar-refractivity contribution is 5.88. The molecule has 0 unspecified atom stereocenters. The van der Waals surface area contributed by atoms with E-state index in [1.807, 2.05) is 53.1 Å². The van der Waals surface area contributed by atoms with Crippen molar-refractivity contribution in [1.82, 2.24) is 19.8 Å². The minimum Gasteiger partial charge on any atom is -0.491 e. The smallest absolute Gasteiger partial charge is 0.413 e. The summed E-state index contributed by atoms with van der Waals surface area (Å²) in [6, 6.07) is 11.6. The fraction of sp³-hybridized carbons (Fsp3) is 0.400. The van der Waals surface area contributed by atoms with E-state index in [4.69, 9.17) is 4.74 Å². The number of ether oxygens (including phenoxy) is 1. The van der Waals surface area contributed by atoms with E-state index < -0.39 is 11.7 Å². The van der Waals surface area contributed by atoms with E-state index in [0.29, 0.717) is 51.1 Å². The number of urea groups is 1. The zero-order valence-corrected chi connectivity index (χ0v) is 19.8. The highest BCUT2D eigenvalue weighted by Gasteiger charge is 2.32. The number of carbonyl (C=O) groups is 2. The first-order valence-electron chi connectivity index (χ1n) is 11.7. The van der Waals surface area contributed by atoms with Gasteiger partial charge in [0.1, 0.15) is 12.4 Å². The van der Waals surface area contributed by atoms with Gasteiger partial charge in [-0.15, -0.1) is 0 Å². The summed E-state index contributed by atoms with van der Waals surface area (Å²) in [4.78, 5) is 36.5. The normalized spacial score (nSPS) is 17.5. The van der Waals surface area contributed by atoms with Gasteiger partial charge in [-0.3, -0.25) is 4.90 Å². The third kappa shape index (κ3) is 4.61. The third-order valence-corrected chi connectivity index (χ3v) is 6.83. The van der Waals surface area contributed by atoms with Crippen LogP contribution in [-0.4, -0.2) is 81.0 Å². The van der Waals surface area contributed by atoms with Crippen LogP contribution in [0.2, 0.25) is 0 Å². The second-order valence-electron chi connectivity index (χ2n) is 9.49. The van der Waals surface area contributed by atoms with Crippen molar-refractivity contribution in [1.29, 1.82) is 0 Å². The zero-order chi connectivity index (χ0) is 24.7. The van der Waals surface area contributed by atoms with E-state index in [9.17, 15) is 19.8 Å². The number of aromatic amines is 1. The van der Waals surface area contributed by atoms with Crippen LogP contribution in [0.5, 0.6) is 5.75 Å². The van der Waals surface area contributed by atoms with Crippen LogP contribution >= 0.6 is 0 Å². The van der Waals surface area contributed by atoms with E-state index >= 15 is 0 Å². The summed E-state index contributed by atoms with van der Waals surface area (Å²) < 4.78 is 5.93. The molecule has 0 bridgehead atoms. The van der Waals surface area contributed by atoms with Crippen molar-refractivity contribution in [2.24, 2.45) is 0 Å². The summed E-state index contributed by atoms with van der Waals surface area (Å²) in [5, 5.41) is 19.4. The number of likely N-dealkylation sites (tertiary alicyclic amines) is 1. The lowest BCUT2D eigenvalue weighted by atomic mass is 9.94. The van der Waals surface area contributed by atoms with E-state index in [-0.39, 0.29) is 12.0 Å². The van der Waals surface area contributed by atoms with Crippen molar-refractivity contribution in [3.05, 3.63) is 42.0 Å². The van der Waals surface area contributed by atoms with Crippen molar-refractivity contribution in [2.45, 2.75) is 31.9 Å². The number of carbonyl (C=O) groups excluding carboxylic acids is 1. The Hall–Kier alpha value is -3.79. The van der Waals surface area contributed by atoms with Crippen molar-refractivity contribution in [2.75, 3.05) is 38.2 Å². The average Bonchev–Trinajstić information content (AvgIpc) is 3.14. The Kier molecular flexibility index (Phi) is 5.76. The van der Waals surface area contributed by atoms with Gasteiger partial charge in [-0.05, 0) is 55.2 Å². The molecule has 35 heavy (non-hydrogen) atoms. The van der Waals surface area contributed by atoms with Gasteiger partial charge in [0.05, 0.1) is 29.7 Å². The lowest BCUT2D eigenvalue weighted by Gasteiger charge is -2.38. The number of hydrogen-bond donors (Lipinski definition) is 3. The minimum absolute atomic E-state index is 0.0312. The fourth-order valence-electron chi connectivity index (χ4n) is 4.54. The Morgan fingerprint density at radius 2 is 1.80 bits per heavy atom. The standard InChI is InChI=1S/C25H29N5O5/c1-25(34)7-9-29(10-8-25)23(31)30-11-12-35-21-6-4-16(13-18(21)15-30)17-3-5-19-20(14-17)27-22(26-19)28(2)24(32)33/h3-6,13-14,34H,7-12,15H2,1-2H3,(H,26,27)(H,32,33). The molecule has 10 heteroatoms. The predicted molar refractivity (Wildman–Crippen MR) is 131 cm³/mol. The minimum atomic E-state index is -1.09. The molecule has 1 fully saturated rings. The molecule has 3 amide bonds. The average molecular weight is 480 g/mol. The molecule has 0 radical (unpaired) electrons. The van der Waals surface area contributed by atoms with Gasteiger partial charge in [-0.1, -0.05) is 12.1 Å². The number of benzene rings is 2. The number of anilines is 1. The summed E-state index contributed by atoms with van der Waals surface area (Å²) in [7, 11) is 1.44. The van der Waals surface area contributed by atoms with Crippen LogP contribution in [0.1, 0.15) is 25.3 Å². The molecule has 1 aromatic heterocycles. The molecular formula is C25H29N5O5. The largest absolute Gasteiger partial charge is 0.491 e. The maximum atomic E-state index is 13.2. The topological polar surface area (TPSA) is 122 Å². The number of amides is 3. The first-order valence-corrected chi connectivity index (χ1v) is 11.7. The molecule has 10 nitrogen and oxygen atoms in total. The molecule has 5 rings (SSSR count). The summed E-state index contributed by atoms with van der Waals surface area (Å²) in [6.45, 7) is 4.25. The number of carboxylic acid groups (broad SMARTS) is 1. The van der Waals surface area contributed by atoms with Gasteiger partial charge in [0.25, 0.3) is 0 Å². The number of nitrogens with zero attached hydrogens (tertiary/aromatic N) is 4. The van der Waals surface area contributed by atoms with Gasteiger partial charge in [-0.25, -0.2) is 14.6 Å². The molecule has 1 saturated heterocycles. The molecule has 2 aliphatic rings. The summed E-state index contributed by atoms with van der Waals surface area (Å²) in [6.07, 6.45) is 0.0531. The summed E-state index contributed by atoms with van der Waals surface area (Å²) in [5.74, 6) is 1.02. The van der Waals surface area contributed by atoms with Gasteiger partial charge >= 0.3 is 12.1 Å². The second-order valence-corrected chi connectivity index (χ2v) is 9.49. The highest BCUT2D eigenvalue weighted by Crippen LogP contribution is 2.32. The van der Waals surface area contributed by atoms with Crippen LogP contribution in [0.25, 0.3) is 22.2 Å². The van der Waals surface area contributed by atoms with Crippen LogP contribution in [-0.2, 0) is 6.54 Å². The van der Waals surface area contributed by atoms with Crippen molar-refractivity contribution >= 4 is 29.1 Å². The Balaban J connectivity index is 1.38. The number of piperidine rings is 1. The van der Waals surface area contributed by atoms with Crippen LogP contribution in [0.15, 0.2) is 36.4 Å². The van der Waals surface area contributed by atoms with Gasteiger partial charge in [-0.2, -0.15) is 0 Å². The molecule has 0 atom stereocenters. The maximum Gasteiger partial charge on any atom is 0.413 e. The number of H-pyrrole nitrogens is 1. The Labute approximate surface area is 202 Å². The number of nitrogens with one attached hydrogen (secondary N) is 1. The molecule has 0 aliphatic carbocycles. The van der Waals surface area contributed by atoms with Gasteiger partial charge < -0.3 is 29.7 Å². The highest BCUT2D eigenvalue weighted by atomic mass is 16.5. The van der Waals surface area contributed by atoms with Crippen molar-refractivity contribution in [3.63, 3.8) is 0 Å². The summed E-state index contributed by atoms with van der Waals surface area (Å²) in [5.41, 5.74) is 3.52. The van der Waals surface area contributed by atoms with Gasteiger partial charge in [0.2, 0.25) is 5.95 Å².